The van der Waals surface area contributed by atoms with E-state index >= 15 is 0 Å². The summed E-state index contributed by atoms with van der Waals surface area (Å²) in [6.07, 6.45) is 1.12. The maximum Gasteiger partial charge on any atom is 0.0102 e. The molecule has 88 valence electrons. The van der Waals surface area contributed by atoms with Crippen LogP contribution in [0.5, 0.6) is 0 Å². The first-order chi connectivity index (χ1) is 8.09. The summed E-state index contributed by atoms with van der Waals surface area (Å²) in [5.74, 6) is 0.613. The molecule has 1 saturated carbocycles. The Kier molecular flexibility index (Phi) is 2.27. The molecule has 0 amide bonds. The fourth-order valence-corrected chi connectivity index (χ4v) is 2.95. The van der Waals surface area contributed by atoms with Gasteiger partial charge < -0.3 is 5.73 Å². The molecule has 0 aromatic heterocycles. The first-order valence-electron chi connectivity index (χ1n) is 6.33. The first-order valence-corrected chi connectivity index (χ1v) is 6.33. The summed E-state index contributed by atoms with van der Waals surface area (Å²) in [4.78, 5) is 0. The Labute approximate surface area is 103 Å². The molecule has 0 aliphatic heterocycles. The lowest BCUT2D eigenvalue weighted by Crippen LogP contribution is -2.52. The van der Waals surface area contributed by atoms with E-state index in [9.17, 15) is 0 Å². The first kappa shape index (κ1) is 10.8. The Morgan fingerprint density at radius 1 is 1.06 bits per heavy atom. The topological polar surface area (TPSA) is 26.0 Å². The van der Waals surface area contributed by atoms with Crippen LogP contribution in [0.4, 0.5) is 0 Å². The molecule has 1 aliphatic carbocycles. The smallest absolute Gasteiger partial charge is 0.0102 e. The van der Waals surface area contributed by atoms with E-state index in [4.69, 9.17) is 5.73 Å². The standard InChI is InChI=1S/C16H19N/c1-16(2)14(10-15(16)17)13-8-7-11-5-3-4-6-12(11)9-13/h3-9,14-15H,10,17H2,1-2H3. The quantitative estimate of drug-likeness (QED) is 0.787. The summed E-state index contributed by atoms with van der Waals surface area (Å²) < 4.78 is 0. The lowest BCUT2D eigenvalue weighted by Gasteiger charge is -2.50. The minimum Gasteiger partial charge on any atom is -0.327 e. The van der Waals surface area contributed by atoms with E-state index in [1.54, 1.807) is 0 Å². The molecule has 2 N–H and O–H groups in total. The Bertz CT molecular complexity index is 556. The van der Waals surface area contributed by atoms with Crippen LogP contribution >= 0.6 is 0 Å². The molecule has 0 heterocycles. The molecule has 17 heavy (non-hydrogen) atoms. The van der Waals surface area contributed by atoms with Gasteiger partial charge in [0.1, 0.15) is 0 Å². The van der Waals surface area contributed by atoms with Crippen LogP contribution in [0, 0.1) is 5.41 Å². The van der Waals surface area contributed by atoms with Gasteiger partial charge in [0, 0.05) is 6.04 Å². The summed E-state index contributed by atoms with van der Waals surface area (Å²) in [7, 11) is 0. The van der Waals surface area contributed by atoms with Crippen molar-refractivity contribution in [2.75, 3.05) is 0 Å². The molecular weight excluding hydrogens is 206 g/mol. The van der Waals surface area contributed by atoms with Gasteiger partial charge in [-0.05, 0) is 34.1 Å². The average molecular weight is 225 g/mol. The summed E-state index contributed by atoms with van der Waals surface area (Å²) >= 11 is 0. The predicted molar refractivity (Wildman–Crippen MR) is 73.1 cm³/mol. The van der Waals surface area contributed by atoms with E-state index in [1.165, 1.54) is 16.3 Å². The maximum absolute atomic E-state index is 6.10. The normalized spacial score (nSPS) is 26.8. The molecule has 1 fully saturated rings. The molecule has 1 nitrogen and oxygen atoms in total. The van der Waals surface area contributed by atoms with Gasteiger partial charge in [-0.1, -0.05) is 56.3 Å². The number of rotatable bonds is 1. The predicted octanol–water partition coefficient (Wildman–Crippen LogP) is 3.68. The molecule has 0 radical (unpaired) electrons. The van der Waals surface area contributed by atoms with Crippen LogP contribution in [0.2, 0.25) is 0 Å². The van der Waals surface area contributed by atoms with Crippen molar-refractivity contribution in [2.24, 2.45) is 11.1 Å². The average Bonchev–Trinajstić information content (AvgIpc) is 2.35. The third kappa shape index (κ3) is 1.57. The van der Waals surface area contributed by atoms with Crippen LogP contribution in [0.3, 0.4) is 0 Å². The zero-order valence-electron chi connectivity index (χ0n) is 10.5. The van der Waals surface area contributed by atoms with E-state index in [-0.39, 0.29) is 5.41 Å². The van der Waals surface area contributed by atoms with Crippen LogP contribution in [0.15, 0.2) is 42.5 Å². The minimum atomic E-state index is 0.239. The second-order valence-corrected chi connectivity index (χ2v) is 5.82. The lowest BCUT2D eigenvalue weighted by atomic mass is 9.56. The van der Waals surface area contributed by atoms with E-state index in [0.29, 0.717) is 12.0 Å². The van der Waals surface area contributed by atoms with Crippen molar-refractivity contribution in [3.63, 3.8) is 0 Å². The van der Waals surface area contributed by atoms with E-state index in [1.807, 2.05) is 0 Å². The van der Waals surface area contributed by atoms with Gasteiger partial charge in [-0.3, -0.25) is 0 Å². The van der Waals surface area contributed by atoms with Crippen LogP contribution in [0.25, 0.3) is 10.8 Å². The van der Waals surface area contributed by atoms with Gasteiger partial charge >= 0.3 is 0 Å². The molecule has 1 heteroatoms. The van der Waals surface area contributed by atoms with Gasteiger partial charge in [0.25, 0.3) is 0 Å². The van der Waals surface area contributed by atoms with Crippen molar-refractivity contribution in [3.8, 4) is 0 Å². The van der Waals surface area contributed by atoms with Gasteiger partial charge in [-0.2, -0.15) is 0 Å². The van der Waals surface area contributed by atoms with Crippen LogP contribution in [-0.4, -0.2) is 6.04 Å². The highest BCUT2D eigenvalue weighted by molar-refractivity contribution is 5.83. The molecule has 2 unspecified atom stereocenters. The molecule has 2 aromatic carbocycles. The van der Waals surface area contributed by atoms with E-state index in [0.717, 1.165) is 6.42 Å². The van der Waals surface area contributed by atoms with Gasteiger partial charge in [0.2, 0.25) is 0 Å². The van der Waals surface area contributed by atoms with Gasteiger partial charge in [0.15, 0.2) is 0 Å². The van der Waals surface area contributed by atoms with Crippen LogP contribution in [-0.2, 0) is 0 Å². The number of nitrogens with two attached hydrogens (primary N) is 1. The second-order valence-electron chi connectivity index (χ2n) is 5.82. The zero-order valence-corrected chi connectivity index (χ0v) is 10.5. The molecule has 0 spiro atoms. The van der Waals surface area contributed by atoms with Crippen molar-refractivity contribution < 1.29 is 0 Å². The van der Waals surface area contributed by atoms with Crippen LogP contribution in [0.1, 0.15) is 31.7 Å². The van der Waals surface area contributed by atoms with Gasteiger partial charge in [-0.15, -0.1) is 0 Å². The van der Waals surface area contributed by atoms with E-state index in [2.05, 4.69) is 56.3 Å². The summed E-state index contributed by atoms with van der Waals surface area (Å²) in [5.41, 5.74) is 7.78. The minimum absolute atomic E-state index is 0.239. The fourth-order valence-electron chi connectivity index (χ4n) is 2.95. The van der Waals surface area contributed by atoms with Gasteiger partial charge in [-0.25, -0.2) is 0 Å². The van der Waals surface area contributed by atoms with Gasteiger partial charge in [0.05, 0.1) is 0 Å². The molecule has 2 atom stereocenters. The summed E-state index contributed by atoms with van der Waals surface area (Å²) in [6, 6.07) is 15.7. The SMILES string of the molecule is CC1(C)C(N)CC1c1ccc2ccccc2c1. The van der Waals surface area contributed by atoms with Crippen molar-refractivity contribution in [1.82, 2.24) is 0 Å². The molecule has 2 aromatic rings. The summed E-state index contributed by atoms with van der Waals surface area (Å²) in [6.45, 7) is 4.56. The molecule has 1 aliphatic rings. The second kappa shape index (κ2) is 3.58. The summed E-state index contributed by atoms with van der Waals surface area (Å²) in [5, 5.41) is 2.65. The van der Waals surface area contributed by atoms with Crippen molar-refractivity contribution in [2.45, 2.75) is 32.2 Å². The molecule has 0 bridgehead atoms. The fraction of sp³-hybridized carbons (Fsp3) is 0.375. The third-order valence-corrected chi connectivity index (χ3v) is 4.52. The van der Waals surface area contributed by atoms with Crippen molar-refractivity contribution in [3.05, 3.63) is 48.0 Å². The highest BCUT2D eigenvalue weighted by atomic mass is 14.8. The Balaban J connectivity index is 2.02. The zero-order chi connectivity index (χ0) is 12.0. The Hall–Kier alpha value is -1.34. The number of hydrogen-bond donors (Lipinski definition) is 1. The lowest BCUT2D eigenvalue weighted by molar-refractivity contribution is 0.0985. The number of fused-ring (bicyclic) bond motifs is 1. The van der Waals surface area contributed by atoms with E-state index < -0.39 is 0 Å². The monoisotopic (exact) mass is 225 g/mol. The third-order valence-electron chi connectivity index (χ3n) is 4.52. The number of hydrogen-bond acceptors (Lipinski definition) is 1. The highest BCUT2D eigenvalue weighted by Crippen LogP contribution is 2.51. The van der Waals surface area contributed by atoms with Crippen molar-refractivity contribution >= 4 is 10.8 Å². The van der Waals surface area contributed by atoms with Crippen LogP contribution < -0.4 is 5.73 Å². The molecule has 0 saturated heterocycles. The largest absolute Gasteiger partial charge is 0.327 e. The highest BCUT2D eigenvalue weighted by Gasteiger charge is 2.46. The number of benzene rings is 2. The Morgan fingerprint density at radius 3 is 2.41 bits per heavy atom. The Morgan fingerprint density at radius 2 is 1.76 bits per heavy atom. The molecular formula is C16H19N. The maximum atomic E-state index is 6.10. The molecule has 3 rings (SSSR count). The van der Waals surface area contributed by atoms with Crippen molar-refractivity contribution in [1.29, 1.82) is 0 Å².